The molecule has 0 unspecified atom stereocenters. The number of allylic oxidation sites excluding steroid dienone is 9. The van der Waals surface area contributed by atoms with Crippen molar-refractivity contribution in [3.05, 3.63) is 60.8 Å². The predicted octanol–water partition coefficient (Wildman–Crippen LogP) is 8.48. The van der Waals surface area contributed by atoms with E-state index in [1.165, 1.54) is 0 Å². The Labute approximate surface area is 190 Å². The number of rotatable bonds is 8. The van der Waals surface area contributed by atoms with Crippen molar-refractivity contribution < 1.29 is 4.43 Å². The van der Waals surface area contributed by atoms with Crippen molar-refractivity contribution in [2.24, 2.45) is 5.92 Å². The third-order valence-electron chi connectivity index (χ3n) is 6.17. The summed E-state index contributed by atoms with van der Waals surface area (Å²) in [7, 11) is -3.15. The summed E-state index contributed by atoms with van der Waals surface area (Å²) in [4.78, 5) is 0. The summed E-state index contributed by atoms with van der Waals surface area (Å²) in [6.45, 7) is 26.0. The summed E-state index contributed by atoms with van der Waals surface area (Å²) < 4.78 is 6.27. The lowest BCUT2D eigenvalue weighted by Gasteiger charge is -2.36. The van der Waals surface area contributed by atoms with E-state index in [9.17, 15) is 0 Å². The molecule has 0 aromatic rings. The molecule has 1 nitrogen and oxygen atoms in total. The second-order valence-electron chi connectivity index (χ2n) is 11.1. The van der Waals surface area contributed by atoms with Gasteiger partial charge in [0.2, 0.25) is 0 Å². The van der Waals surface area contributed by atoms with Gasteiger partial charge in [0.15, 0.2) is 8.32 Å². The van der Waals surface area contributed by atoms with Gasteiger partial charge < -0.3 is 4.43 Å². The Kier molecular flexibility index (Phi) is 11.9. The van der Waals surface area contributed by atoms with Crippen LogP contribution in [0.3, 0.4) is 0 Å². The van der Waals surface area contributed by atoms with Gasteiger partial charge in [0, 0.05) is 6.61 Å². The monoisotopic (exact) mass is 442 g/mol. The standard InChI is InChI=1S/C27H46OSi2/c1-25(24-28-30(10,11)27(5,6)7)22-20-18-16-14-12-13-15-17-19-21-23-29(8,9)26(2,3)4/h12-20,22,25H,24H2,1-11H3/b14-12+,15-13+,18-16+,19-17+,22-20+/t25-/m0/s1. The van der Waals surface area contributed by atoms with Crippen LogP contribution in [0.4, 0.5) is 0 Å². The fourth-order valence-corrected chi connectivity index (χ4v) is 3.70. The molecule has 0 aromatic carbocycles. The Bertz CT molecular complexity index is 709. The van der Waals surface area contributed by atoms with Gasteiger partial charge in [-0.15, -0.1) is 5.54 Å². The molecule has 0 N–H and O–H groups in total. The SMILES string of the molecule is C[C@@H](/C=C/C=C/C=C/C=C/C=C/C#C[Si](C)(C)C(C)(C)C)CO[Si](C)(C)C(C)(C)C. The highest BCUT2D eigenvalue weighted by Gasteiger charge is 2.37. The van der Waals surface area contributed by atoms with Gasteiger partial charge >= 0.3 is 0 Å². The fourth-order valence-electron chi connectivity index (χ4n) is 1.76. The first-order valence-electron chi connectivity index (χ1n) is 11.1. The lowest BCUT2D eigenvalue weighted by molar-refractivity contribution is 0.259. The van der Waals surface area contributed by atoms with E-state index >= 15 is 0 Å². The van der Waals surface area contributed by atoms with Crippen molar-refractivity contribution in [3.8, 4) is 11.5 Å². The molecule has 0 amide bonds. The average Bonchev–Trinajstić information content (AvgIpc) is 2.59. The van der Waals surface area contributed by atoms with Crippen LogP contribution in [-0.4, -0.2) is 23.0 Å². The predicted molar refractivity (Wildman–Crippen MR) is 143 cm³/mol. The van der Waals surface area contributed by atoms with Gasteiger partial charge in [-0.3, -0.25) is 0 Å². The summed E-state index contributed by atoms with van der Waals surface area (Å²) in [5.41, 5.74) is 3.48. The van der Waals surface area contributed by atoms with Crippen LogP contribution >= 0.6 is 0 Å². The van der Waals surface area contributed by atoms with Gasteiger partial charge in [-0.05, 0) is 35.2 Å². The summed E-state index contributed by atoms with van der Waals surface area (Å²) >= 11 is 0. The third-order valence-corrected chi connectivity index (χ3v) is 15.2. The Hall–Kier alpha value is -1.35. The first-order chi connectivity index (χ1) is 13.6. The molecule has 0 spiro atoms. The van der Waals surface area contributed by atoms with E-state index < -0.39 is 16.4 Å². The molecule has 1 atom stereocenters. The van der Waals surface area contributed by atoms with Crippen LogP contribution in [0, 0.1) is 17.4 Å². The van der Waals surface area contributed by atoms with Crippen LogP contribution < -0.4 is 0 Å². The zero-order chi connectivity index (χ0) is 23.5. The van der Waals surface area contributed by atoms with Gasteiger partial charge in [-0.2, -0.15) is 0 Å². The Morgan fingerprint density at radius 1 is 0.733 bits per heavy atom. The second-order valence-corrected chi connectivity index (χ2v) is 20.9. The first kappa shape index (κ1) is 28.7. The zero-order valence-corrected chi connectivity index (χ0v) is 23.5. The molecule has 3 heteroatoms. The van der Waals surface area contributed by atoms with E-state index in [1.54, 1.807) is 0 Å². The molecule has 0 rings (SSSR count). The van der Waals surface area contributed by atoms with Crippen LogP contribution in [-0.2, 0) is 4.43 Å². The van der Waals surface area contributed by atoms with Gasteiger partial charge in [0.25, 0.3) is 0 Å². The summed E-state index contributed by atoms with van der Waals surface area (Å²) in [5.74, 6) is 3.64. The van der Waals surface area contributed by atoms with Crippen molar-refractivity contribution in [3.63, 3.8) is 0 Å². The van der Waals surface area contributed by atoms with E-state index in [-0.39, 0.29) is 5.04 Å². The first-order valence-corrected chi connectivity index (χ1v) is 17.0. The maximum absolute atomic E-state index is 6.27. The molecular formula is C27H46OSi2. The zero-order valence-electron chi connectivity index (χ0n) is 21.5. The second kappa shape index (κ2) is 12.5. The fraction of sp³-hybridized carbons (Fsp3) is 0.556. The number of hydrogen-bond acceptors (Lipinski definition) is 1. The molecule has 0 aromatic heterocycles. The van der Waals surface area contributed by atoms with Crippen molar-refractivity contribution in [2.75, 3.05) is 6.61 Å². The van der Waals surface area contributed by atoms with Gasteiger partial charge in [0.05, 0.1) is 0 Å². The van der Waals surface area contributed by atoms with Gasteiger partial charge in [-0.25, -0.2) is 0 Å². The summed E-state index contributed by atoms with van der Waals surface area (Å²) in [6, 6.07) is 0. The van der Waals surface area contributed by atoms with Crippen molar-refractivity contribution in [1.82, 2.24) is 0 Å². The molecule has 0 bridgehead atoms. The lowest BCUT2D eigenvalue weighted by atomic mass is 10.2. The molecular weight excluding hydrogens is 396 g/mol. The minimum Gasteiger partial charge on any atom is -0.416 e. The topological polar surface area (TPSA) is 9.23 Å². The quantitative estimate of drug-likeness (QED) is 0.208. The molecule has 0 heterocycles. The molecule has 0 aliphatic rings. The minimum absolute atomic E-state index is 0.265. The molecule has 30 heavy (non-hydrogen) atoms. The lowest BCUT2D eigenvalue weighted by Crippen LogP contribution is -2.41. The van der Waals surface area contributed by atoms with Crippen molar-refractivity contribution >= 4 is 16.4 Å². The Morgan fingerprint density at radius 2 is 1.20 bits per heavy atom. The van der Waals surface area contributed by atoms with E-state index in [4.69, 9.17) is 4.43 Å². The highest BCUT2D eigenvalue weighted by molar-refractivity contribution is 6.87. The minimum atomic E-state index is -1.65. The van der Waals surface area contributed by atoms with Crippen LogP contribution in [0.5, 0.6) is 0 Å². The van der Waals surface area contributed by atoms with Gasteiger partial charge in [-0.1, -0.05) is 122 Å². The van der Waals surface area contributed by atoms with Gasteiger partial charge in [0.1, 0.15) is 8.07 Å². The Balaban J connectivity index is 4.34. The highest BCUT2D eigenvalue weighted by atomic mass is 28.4. The molecule has 0 aliphatic carbocycles. The summed E-state index contributed by atoms with van der Waals surface area (Å²) in [6.07, 6.45) is 20.5. The molecule has 0 fully saturated rings. The van der Waals surface area contributed by atoms with E-state index in [1.807, 2.05) is 42.5 Å². The maximum Gasteiger partial charge on any atom is 0.192 e. The Morgan fingerprint density at radius 3 is 1.67 bits per heavy atom. The van der Waals surface area contributed by atoms with E-state index in [2.05, 4.69) is 104 Å². The highest BCUT2D eigenvalue weighted by Crippen LogP contribution is 2.37. The molecule has 0 aliphatic heterocycles. The third kappa shape index (κ3) is 11.7. The molecule has 0 radical (unpaired) electrons. The van der Waals surface area contributed by atoms with Crippen molar-refractivity contribution in [1.29, 1.82) is 0 Å². The van der Waals surface area contributed by atoms with Crippen LogP contribution in [0.15, 0.2) is 60.8 Å². The largest absolute Gasteiger partial charge is 0.416 e. The molecule has 0 saturated carbocycles. The van der Waals surface area contributed by atoms with Crippen LogP contribution in [0.25, 0.3) is 0 Å². The maximum atomic E-state index is 6.27. The normalized spacial score (nSPS) is 15.7. The number of hydrogen-bond donors (Lipinski definition) is 0. The van der Waals surface area contributed by atoms with E-state index in [0.717, 1.165) is 6.61 Å². The smallest absolute Gasteiger partial charge is 0.192 e. The summed E-state index contributed by atoms with van der Waals surface area (Å²) in [5, 5.41) is 0.573. The molecule has 0 saturated heterocycles. The van der Waals surface area contributed by atoms with Crippen molar-refractivity contribution in [2.45, 2.75) is 84.7 Å². The molecule has 168 valence electrons. The average molecular weight is 443 g/mol. The van der Waals surface area contributed by atoms with E-state index in [0.29, 0.717) is 11.0 Å². The van der Waals surface area contributed by atoms with Crippen LogP contribution in [0.1, 0.15) is 48.5 Å². The van der Waals surface area contributed by atoms with Crippen LogP contribution in [0.2, 0.25) is 36.3 Å².